The zero-order valence-electron chi connectivity index (χ0n) is 13.3. The van der Waals surface area contributed by atoms with Crippen LogP contribution in [0.4, 0.5) is 0 Å². The van der Waals surface area contributed by atoms with E-state index in [1.165, 1.54) is 7.11 Å². The van der Waals surface area contributed by atoms with Crippen molar-refractivity contribution in [1.29, 1.82) is 0 Å². The van der Waals surface area contributed by atoms with E-state index in [-0.39, 0.29) is 6.10 Å². The van der Waals surface area contributed by atoms with Gasteiger partial charge < -0.3 is 14.2 Å². The zero-order valence-corrected chi connectivity index (χ0v) is 13.3. The molecule has 23 heavy (non-hydrogen) atoms. The Kier molecular flexibility index (Phi) is 4.06. The van der Waals surface area contributed by atoms with Gasteiger partial charge in [-0.25, -0.2) is 4.79 Å². The van der Waals surface area contributed by atoms with Gasteiger partial charge in [-0.15, -0.1) is 0 Å². The molecular weight excluding hydrogens is 292 g/mol. The lowest BCUT2D eigenvalue weighted by Crippen LogP contribution is -2.12. The summed E-state index contributed by atoms with van der Waals surface area (Å²) < 4.78 is 16.2. The fraction of sp³-hybridized carbons (Fsp3) is 0.211. The van der Waals surface area contributed by atoms with Crippen LogP contribution in [0.3, 0.4) is 0 Å². The molecule has 2 aromatic rings. The van der Waals surface area contributed by atoms with Crippen molar-refractivity contribution in [1.82, 2.24) is 0 Å². The third kappa shape index (κ3) is 2.80. The topological polar surface area (TPSA) is 44.8 Å². The molecule has 4 heteroatoms. The molecule has 3 rings (SSSR count). The number of carbonyl (C=O) groups is 1. The fourth-order valence-electron chi connectivity index (χ4n) is 2.76. The van der Waals surface area contributed by atoms with Crippen molar-refractivity contribution in [2.75, 3.05) is 14.2 Å². The minimum absolute atomic E-state index is 0.370. The maximum Gasteiger partial charge on any atom is 0.343 e. The van der Waals surface area contributed by atoms with Gasteiger partial charge in [0.25, 0.3) is 0 Å². The minimum atomic E-state index is -0.409. The van der Waals surface area contributed by atoms with Gasteiger partial charge in [0.1, 0.15) is 23.2 Å². The Balaban J connectivity index is 1.89. The summed E-state index contributed by atoms with van der Waals surface area (Å²) in [6.45, 7) is 1.83. The second-order valence-corrected chi connectivity index (χ2v) is 5.34. The van der Waals surface area contributed by atoms with Crippen molar-refractivity contribution in [2.24, 2.45) is 0 Å². The van der Waals surface area contributed by atoms with Crippen LogP contribution in [0.1, 0.15) is 33.2 Å². The molecule has 0 heterocycles. The van der Waals surface area contributed by atoms with E-state index in [2.05, 4.69) is 0 Å². The number of fused-ring (bicyclic) bond motifs is 1. The van der Waals surface area contributed by atoms with Crippen molar-refractivity contribution in [3.05, 3.63) is 64.7 Å². The number of hydrogen-bond donors (Lipinski definition) is 0. The molecule has 0 spiro atoms. The smallest absolute Gasteiger partial charge is 0.343 e. The van der Waals surface area contributed by atoms with Crippen molar-refractivity contribution in [2.45, 2.75) is 13.0 Å². The van der Waals surface area contributed by atoms with Crippen LogP contribution in [-0.4, -0.2) is 20.2 Å². The Morgan fingerprint density at radius 2 is 1.87 bits per heavy atom. The van der Waals surface area contributed by atoms with Crippen LogP contribution in [0.2, 0.25) is 0 Å². The van der Waals surface area contributed by atoms with E-state index in [9.17, 15) is 4.79 Å². The van der Waals surface area contributed by atoms with E-state index >= 15 is 0 Å². The molecule has 1 unspecified atom stereocenters. The number of methoxy groups -OCH3 is 2. The van der Waals surface area contributed by atoms with E-state index in [1.807, 2.05) is 43.3 Å². The van der Waals surface area contributed by atoms with Crippen LogP contribution < -0.4 is 9.47 Å². The second-order valence-electron chi connectivity index (χ2n) is 5.34. The van der Waals surface area contributed by atoms with Crippen molar-refractivity contribution in [3.8, 4) is 11.5 Å². The third-order valence-corrected chi connectivity index (χ3v) is 3.92. The molecule has 0 aliphatic heterocycles. The first-order valence-corrected chi connectivity index (χ1v) is 7.34. The predicted molar refractivity (Wildman–Crippen MR) is 87.9 cm³/mol. The van der Waals surface area contributed by atoms with Crippen LogP contribution in [-0.2, 0) is 4.74 Å². The van der Waals surface area contributed by atoms with E-state index in [0.717, 1.165) is 16.7 Å². The standard InChI is InChI=1S/C19H18O4/c1-12-10-14(21-2)11-17(22-3)18(12)19(20)23-16-9-8-13-6-4-5-7-15(13)16/h4-11,16H,1-3H3. The van der Waals surface area contributed by atoms with E-state index < -0.39 is 5.97 Å². The third-order valence-electron chi connectivity index (χ3n) is 3.92. The lowest BCUT2D eigenvalue weighted by Gasteiger charge is -2.16. The van der Waals surface area contributed by atoms with Gasteiger partial charge in [0.2, 0.25) is 0 Å². The number of aryl methyl sites for hydroxylation is 1. The van der Waals surface area contributed by atoms with Gasteiger partial charge >= 0.3 is 5.97 Å². The average Bonchev–Trinajstić information content (AvgIpc) is 2.97. The Morgan fingerprint density at radius 1 is 1.09 bits per heavy atom. The highest BCUT2D eigenvalue weighted by molar-refractivity contribution is 5.95. The molecule has 0 bridgehead atoms. The molecule has 2 aromatic carbocycles. The molecule has 0 fully saturated rings. The molecule has 0 amide bonds. The molecule has 1 aliphatic carbocycles. The van der Waals surface area contributed by atoms with Gasteiger partial charge in [0, 0.05) is 11.6 Å². The zero-order chi connectivity index (χ0) is 16.4. The van der Waals surface area contributed by atoms with Gasteiger partial charge in [-0.05, 0) is 30.2 Å². The molecule has 0 N–H and O–H groups in total. The Hall–Kier alpha value is -2.75. The molecule has 4 nitrogen and oxygen atoms in total. The molecule has 1 atom stereocenters. The second kappa shape index (κ2) is 6.16. The van der Waals surface area contributed by atoms with Crippen molar-refractivity contribution in [3.63, 3.8) is 0 Å². The number of benzene rings is 2. The van der Waals surface area contributed by atoms with Gasteiger partial charge in [-0.1, -0.05) is 30.3 Å². The normalized spacial score (nSPS) is 15.2. The molecule has 0 radical (unpaired) electrons. The summed E-state index contributed by atoms with van der Waals surface area (Å²) in [6.07, 6.45) is 3.48. The molecule has 1 aliphatic rings. The van der Waals surface area contributed by atoms with Gasteiger partial charge in [0.15, 0.2) is 0 Å². The first kappa shape index (κ1) is 15.2. The van der Waals surface area contributed by atoms with E-state index in [1.54, 1.807) is 19.2 Å². The lowest BCUT2D eigenvalue weighted by molar-refractivity contribution is 0.0392. The van der Waals surface area contributed by atoms with E-state index in [4.69, 9.17) is 14.2 Å². The highest BCUT2D eigenvalue weighted by Gasteiger charge is 2.25. The number of ether oxygens (including phenoxy) is 3. The summed E-state index contributed by atoms with van der Waals surface area (Å²) in [7, 11) is 3.10. The van der Waals surface area contributed by atoms with Crippen LogP contribution in [0, 0.1) is 6.92 Å². The quantitative estimate of drug-likeness (QED) is 0.802. The SMILES string of the molecule is COc1cc(C)c(C(=O)OC2C=Cc3ccccc32)c(OC)c1. The van der Waals surface area contributed by atoms with Gasteiger partial charge in [0.05, 0.1) is 14.2 Å². The number of esters is 1. The minimum Gasteiger partial charge on any atom is -0.497 e. The monoisotopic (exact) mass is 310 g/mol. The number of rotatable bonds is 4. The van der Waals surface area contributed by atoms with Crippen LogP contribution in [0.25, 0.3) is 6.08 Å². The predicted octanol–water partition coefficient (Wildman–Crippen LogP) is 3.94. The summed E-state index contributed by atoms with van der Waals surface area (Å²) in [4.78, 5) is 12.6. The highest BCUT2D eigenvalue weighted by Crippen LogP contribution is 2.34. The van der Waals surface area contributed by atoms with Gasteiger partial charge in [-0.3, -0.25) is 0 Å². The summed E-state index contributed by atoms with van der Waals surface area (Å²) in [5.74, 6) is 0.678. The van der Waals surface area contributed by atoms with Crippen LogP contribution in [0.5, 0.6) is 11.5 Å². The number of hydrogen-bond acceptors (Lipinski definition) is 4. The first-order valence-electron chi connectivity index (χ1n) is 7.34. The number of carbonyl (C=O) groups excluding carboxylic acids is 1. The Bertz CT molecular complexity index is 777. The molecule has 0 saturated heterocycles. The fourth-order valence-corrected chi connectivity index (χ4v) is 2.76. The summed E-state index contributed by atoms with van der Waals surface area (Å²) >= 11 is 0. The lowest BCUT2D eigenvalue weighted by atomic mass is 10.1. The van der Waals surface area contributed by atoms with E-state index in [0.29, 0.717) is 17.1 Å². The molecule has 0 saturated carbocycles. The summed E-state index contributed by atoms with van der Waals surface area (Å²) in [5.41, 5.74) is 3.24. The average molecular weight is 310 g/mol. The Labute approximate surface area is 135 Å². The van der Waals surface area contributed by atoms with Crippen LogP contribution in [0.15, 0.2) is 42.5 Å². The van der Waals surface area contributed by atoms with Crippen molar-refractivity contribution < 1.29 is 19.0 Å². The highest BCUT2D eigenvalue weighted by atomic mass is 16.5. The largest absolute Gasteiger partial charge is 0.497 e. The maximum atomic E-state index is 12.6. The Morgan fingerprint density at radius 3 is 2.61 bits per heavy atom. The molecule has 118 valence electrons. The summed E-state index contributed by atoms with van der Waals surface area (Å²) in [6, 6.07) is 11.3. The van der Waals surface area contributed by atoms with Gasteiger partial charge in [-0.2, -0.15) is 0 Å². The maximum absolute atomic E-state index is 12.6. The van der Waals surface area contributed by atoms with Crippen molar-refractivity contribution >= 4 is 12.0 Å². The van der Waals surface area contributed by atoms with Crippen LogP contribution >= 0.6 is 0 Å². The summed E-state index contributed by atoms with van der Waals surface area (Å²) in [5, 5.41) is 0. The molecule has 0 aromatic heterocycles. The first-order chi connectivity index (χ1) is 11.1. The molecular formula is C19H18O4.